The zero-order valence-electron chi connectivity index (χ0n) is 18.1. The SMILES string of the molecule is Cc1ccc2c(NC(=O)N3c4nc(C(=O)NCC(F)(F)F)ccc4N4CCCC3C4)n[nH]c2n1. The van der Waals surface area contributed by atoms with Crippen molar-refractivity contribution in [2.45, 2.75) is 32.0 Å². The molecule has 3 N–H and O–H groups in total. The fraction of sp³-hybridized carbons (Fsp3) is 0.381. The van der Waals surface area contributed by atoms with Gasteiger partial charge in [-0.3, -0.25) is 20.1 Å². The molecule has 0 spiro atoms. The number of H-pyrrole nitrogens is 1. The van der Waals surface area contributed by atoms with Crippen molar-refractivity contribution in [3.63, 3.8) is 0 Å². The van der Waals surface area contributed by atoms with Crippen LogP contribution in [0.3, 0.4) is 0 Å². The molecule has 5 heterocycles. The molecule has 2 aliphatic heterocycles. The van der Waals surface area contributed by atoms with E-state index >= 15 is 0 Å². The Hall–Kier alpha value is -3.90. The van der Waals surface area contributed by atoms with Gasteiger partial charge >= 0.3 is 12.2 Å². The maximum atomic E-state index is 13.4. The number of carbonyl (C=O) groups is 2. The number of urea groups is 1. The number of carbonyl (C=O) groups excluding carboxylic acids is 2. The molecule has 5 rings (SSSR count). The molecule has 34 heavy (non-hydrogen) atoms. The highest BCUT2D eigenvalue weighted by molar-refractivity contribution is 6.07. The van der Waals surface area contributed by atoms with Crippen LogP contribution in [0.2, 0.25) is 0 Å². The molecule has 1 atom stereocenters. The van der Waals surface area contributed by atoms with Crippen molar-refractivity contribution in [1.82, 2.24) is 25.5 Å². The summed E-state index contributed by atoms with van der Waals surface area (Å²) in [6.45, 7) is 1.72. The lowest BCUT2D eigenvalue weighted by Crippen LogP contribution is -2.56. The maximum absolute atomic E-state index is 13.4. The Balaban J connectivity index is 1.46. The van der Waals surface area contributed by atoms with E-state index in [0.29, 0.717) is 29.1 Å². The van der Waals surface area contributed by atoms with E-state index in [-0.39, 0.29) is 17.6 Å². The number of aryl methyl sites for hydroxylation is 1. The zero-order valence-corrected chi connectivity index (χ0v) is 18.1. The number of alkyl halides is 3. The number of nitrogens with zero attached hydrogens (tertiary/aromatic N) is 5. The largest absolute Gasteiger partial charge is 0.405 e. The molecule has 2 aliphatic rings. The van der Waals surface area contributed by atoms with Crippen LogP contribution in [0.4, 0.5) is 35.3 Å². The molecule has 0 aliphatic carbocycles. The van der Waals surface area contributed by atoms with Crippen LogP contribution in [-0.4, -0.2) is 64.0 Å². The van der Waals surface area contributed by atoms with Crippen LogP contribution in [0, 0.1) is 6.92 Å². The molecule has 0 radical (unpaired) electrons. The van der Waals surface area contributed by atoms with Gasteiger partial charge in [0.1, 0.15) is 12.2 Å². The van der Waals surface area contributed by atoms with E-state index in [1.165, 1.54) is 11.0 Å². The van der Waals surface area contributed by atoms with Gasteiger partial charge in [-0.1, -0.05) is 0 Å². The van der Waals surface area contributed by atoms with Gasteiger partial charge in [-0.15, -0.1) is 0 Å². The van der Waals surface area contributed by atoms with E-state index in [0.717, 1.165) is 25.1 Å². The predicted octanol–water partition coefficient (Wildman–Crippen LogP) is 2.97. The van der Waals surface area contributed by atoms with Crippen LogP contribution in [-0.2, 0) is 0 Å². The zero-order chi connectivity index (χ0) is 24.0. The topological polar surface area (TPSA) is 119 Å². The smallest absolute Gasteiger partial charge is 0.366 e. The van der Waals surface area contributed by atoms with Gasteiger partial charge in [-0.2, -0.15) is 18.3 Å². The van der Waals surface area contributed by atoms with Gasteiger partial charge in [0.15, 0.2) is 17.3 Å². The molecule has 3 aromatic rings. The lowest BCUT2D eigenvalue weighted by molar-refractivity contribution is -0.123. The lowest BCUT2D eigenvalue weighted by atomic mass is 10.00. The van der Waals surface area contributed by atoms with E-state index in [4.69, 9.17) is 0 Å². The van der Waals surface area contributed by atoms with E-state index in [1.54, 1.807) is 18.2 Å². The molecule has 1 fully saturated rings. The van der Waals surface area contributed by atoms with Gasteiger partial charge in [-0.05, 0) is 44.0 Å². The first kappa shape index (κ1) is 21.9. The van der Waals surface area contributed by atoms with E-state index in [9.17, 15) is 22.8 Å². The Kier molecular flexibility index (Phi) is 5.25. The van der Waals surface area contributed by atoms with Crippen LogP contribution in [0.15, 0.2) is 24.3 Å². The number of rotatable bonds is 3. The molecular weight excluding hydrogens is 453 g/mol. The Morgan fingerprint density at radius 2 is 2.03 bits per heavy atom. The van der Waals surface area contributed by atoms with Gasteiger partial charge < -0.3 is 10.2 Å². The van der Waals surface area contributed by atoms with Gasteiger partial charge in [0.2, 0.25) is 0 Å². The lowest BCUT2D eigenvalue weighted by Gasteiger charge is -2.45. The van der Waals surface area contributed by atoms with Crippen LogP contribution in [0.1, 0.15) is 29.0 Å². The molecule has 1 saturated heterocycles. The van der Waals surface area contributed by atoms with Crippen LogP contribution in [0.25, 0.3) is 11.0 Å². The predicted molar refractivity (Wildman–Crippen MR) is 118 cm³/mol. The van der Waals surface area contributed by atoms with Gasteiger partial charge in [-0.25, -0.2) is 14.8 Å². The summed E-state index contributed by atoms with van der Waals surface area (Å²) in [5.41, 5.74) is 1.76. The Morgan fingerprint density at radius 1 is 1.21 bits per heavy atom. The molecular formula is C21H21F3N8O2. The molecule has 0 aromatic carbocycles. The van der Waals surface area contributed by atoms with Crippen molar-refractivity contribution < 1.29 is 22.8 Å². The number of amides is 3. The number of pyridine rings is 2. The summed E-state index contributed by atoms with van der Waals surface area (Å²) in [7, 11) is 0. The number of aromatic nitrogens is 4. The highest BCUT2D eigenvalue weighted by atomic mass is 19.4. The van der Waals surface area contributed by atoms with E-state index < -0.39 is 24.7 Å². The summed E-state index contributed by atoms with van der Waals surface area (Å²) >= 11 is 0. The number of hydrogen-bond acceptors (Lipinski definition) is 6. The highest BCUT2D eigenvalue weighted by Gasteiger charge is 2.39. The first-order valence-electron chi connectivity index (χ1n) is 10.7. The number of aromatic amines is 1. The molecule has 13 heteroatoms. The average Bonchev–Trinajstić information content (AvgIpc) is 3.18. The van der Waals surface area contributed by atoms with Crippen LogP contribution < -0.4 is 20.4 Å². The minimum atomic E-state index is -4.54. The fourth-order valence-electron chi connectivity index (χ4n) is 4.34. The number of piperidine rings is 1. The van der Waals surface area contributed by atoms with Crippen molar-refractivity contribution >= 4 is 40.3 Å². The Bertz CT molecular complexity index is 1270. The molecule has 3 amide bonds. The van der Waals surface area contributed by atoms with Gasteiger partial charge in [0, 0.05) is 18.8 Å². The van der Waals surface area contributed by atoms with Gasteiger partial charge in [0.05, 0.1) is 17.1 Å². The monoisotopic (exact) mass is 474 g/mol. The normalized spacial score (nSPS) is 17.5. The van der Waals surface area contributed by atoms with Gasteiger partial charge in [0.25, 0.3) is 5.91 Å². The molecule has 178 valence electrons. The second kappa shape index (κ2) is 8.15. The minimum Gasteiger partial charge on any atom is -0.366 e. The van der Waals surface area contributed by atoms with Crippen LogP contribution in [0.5, 0.6) is 0 Å². The van der Waals surface area contributed by atoms with E-state index in [1.807, 2.05) is 12.2 Å². The average molecular weight is 474 g/mol. The molecule has 2 bridgehead atoms. The second-order valence-electron chi connectivity index (χ2n) is 8.30. The third-order valence-electron chi connectivity index (χ3n) is 5.87. The summed E-state index contributed by atoms with van der Waals surface area (Å²) in [6.07, 6.45) is -2.97. The highest BCUT2D eigenvalue weighted by Crippen LogP contribution is 2.38. The van der Waals surface area contributed by atoms with Crippen molar-refractivity contribution in [3.05, 3.63) is 35.7 Å². The number of fused-ring (bicyclic) bond motifs is 5. The maximum Gasteiger partial charge on any atom is 0.405 e. The fourth-order valence-corrected chi connectivity index (χ4v) is 4.34. The second-order valence-corrected chi connectivity index (χ2v) is 8.30. The summed E-state index contributed by atoms with van der Waals surface area (Å²) in [5.74, 6) is -0.445. The summed E-state index contributed by atoms with van der Waals surface area (Å²) in [6, 6.07) is 5.87. The van der Waals surface area contributed by atoms with Crippen LogP contribution >= 0.6 is 0 Å². The number of anilines is 3. The summed E-state index contributed by atoms with van der Waals surface area (Å²) in [5, 5.41) is 12.2. The quantitative estimate of drug-likeness (QED) is 0.537. The Labute approximate surface area is 191 Å². The first-order chi connectivity index (χ1) is 16.2. The number of halogens is 3. The third-order valence-corrected chi connectivity index (χ3v) is 5.87. The van der Waals surface area contributed by atoms with Crippen molar-refractivity contribution in [2.24, 2.45) is 0 Å². The molecule has 10 nitrogen and oxygen atoms in total. The minimum absolute atomic E-state index is 0.202. The first-order valence-corrected chi connectivity index (χ1v) is 10.7. The standard InChI is InChI=1S/C21H21F3N8O2/c1-11-4-5-13-16(26-11)29-30-17(13)28-20(34)32-12-3-2-8-31(9-12)15-7-6-14(27-18(15)32)19(33)25-10-21(22,23)24/h4-7,12H,2-3,8-10H2,1H3,(H,25,33)(H2,26,28,29,30,34). The van der Waals surface area contributed by atoms with Crippen molar-refractivity contribution in [2.75, 3.05) is 34.8 Å². The summed E-state index contributed by atoms with van der Waals surface area (Å²) in [4.78, 5) is 37.9. The van der Waals surface area contributed by atoms with Crippen molar-refractivity contribution in [1.29, 1.82) is 0 Å². The van der Waals surface area contributed by atoms with E-state index in [2.05, 4.69) is 30.4 Å². The third kappa shape index (κ3) is 4.08. The molecule has 0 saturated carbocycles. The Morgan fingerprint density at radius 3 is 2.82 bits per heavy atom. The molecule has 1 unspecified atom stereocenters. The summed E-state index contributed by atoms with van der Waals surface area (Å²) < 4.78 is 37.6. The number of hydrogen-bond donors (Lipinski definition) is 3. The number of nitrogens with one attached hydrogen (secondary N) is 3. The molecule has 3 aromatic heterocycles. The van der Waals surface area contributed by atoms with Crippen molar-refractivity contribution in [3.8, 4) is 0 Å².